The Kier molecular flexibility index (Phi) is 6.63. The first-order valence-corrected chi connectivity index (χ1v) is 16.3. The highest BCUT2D eigenvalue weighted by Crippen LogP contribution is 2.61. The topological polar surface area (TPSA) is 59.0 Å². The lowest BCUT2D eigenvalue weighted by Gasteiger charge is -2.45. The van der Waals surface area contributed by atoms with Crippen molar-refractivity contribution < 1.29 is 14.3 Å². The summed E-state index contributed by atoms with van der Waals surface area (Å²) in [7, 11) is 0. The van der Waals surface area contributed by atoms with Gasteiger partial charge >= 0.3 is 0 Å². The highest BCUT2D eigenvalue weighted by Gasteiger charge is 2.61. The normalized spacial score (nSPS) is 21.8. The third-order valence-corrected chi connectivity index (χ3v) is 10.6. The summed E-state index contributed by atoms with van der Waals surface area (Å²) in [6.07, 6.45) is 1.62. The molecule has 7 heteroatoms. The van der Waals surface area contributed by atoms with Crippen LogP contribution in [0.4, 0.5) is 0 Å². The fourth-order valence-corrected chi connectivity index (χ4v) is 9.39. The maximum Gasteiger partial charge on any atom is 0.254 e. The fourth-order valence-electron chi connectivity index (χ4n) is 7.26. The number of benzene rings is 5. The minimum atomic E-state index is -0.440. The van der Waals surface area contributed by atoms with Crippen LogP contribution in [0.2, 0.25) is 0 Å². The van der Waals surface area contributed by atoms with Crippen LogP contribution in [0.3, 0.4) is 0 Å². The van der Waals surface area contributed by atoms with Gasteiger partial charge in [0.05, 0.1) is 25.2 Å². The first-order valence-electron chi connectivity index (χ1n) is 14.2. The second-order valence-electron chi connectivity index (χ2n) is 11.2. The molecule has 43 heavy (non-hydrogen) atoms. The number of halogens is 2. The summed E-state index contributed by atoms with van der Waals surface area (Å²) in [5.41, 5.74) is 6.55. The molecule has 4 aliphatic rings. The zero-order valence-corrected chi connectivity index (χ0v) is 27.1. The molecule has 1 aliphatic heterocycles. The van der Waals surface area contributed by atoms with E-state index in [4.69, 9.17) is 4.74 Å². The Morgan fingerprint density at radius 1 is 0.698 bits per heavy atom. The molecule has 9 rings (SSSR count). The Morgan fingerprint density at radius 2 is 1.21 bits per heavy atom. The Balaban J connectivity index is 1.06. The fraction of sp³-hybridized carbons (Fsp3) is 0.139. The molecule has 5 aromatic rings. The van der Waals surface area contributed by atoms with Gasteiger partial charge in [0.15, 0.2) is 0 Å². The van der Waals surface area contributed by atoms with E-state index in [-0.39, 0.29) is 23.7 Å². The molecular weight excluding hydrogens is 762 g/mol. The number of hydrogen-bond donors (Lipinski definition) is 0. The van der Waals surface area contributed by atoms with Crippen LogP contribution < -0.4 is 4.74 Å². The Labute approximate surface area is 276 Å². The molecule has 0 spiro atoms. The van der Waals surface area contributed by atoms with E-state index in [1.807, 2.05) is 48.5 Å². The molecule has 2 atom stereocenters. The molecule has 2 amide bonds. The van der Waals surface area contributed by atoms with Crippen molar-refractivity contribution in [3.8, 4) is 5.75 Å². The lowest BCUT2D eigenvalue weighted by atomic mass is 9.55. The van der Waals surface area contributed by atoms with E-state index >= 15 is 0 Å². The molecule has 0 aromatic heterocycles. The predicted molar refractivity (Wildman–Crippen MR) is 183 cm³/mol. The highest BCUT2D eigenvalue weighted by atomic mass is 127. The summed E-state index contributed by atoms with van der Waals surface area (Å²) in [6.45, 7) is 0.452. The summed E-state index contributed by atoms with van der Waals surface area (Å²) in [6, 6.07) is 35.0. The van der Waals surface area contributed by atoms with Crippen molar-refractivity contribution in [1.29, 1.82) is 0 Å². The molecule has 5 nitrogen and oxygen atoms in total. The van der Waals surface area contributed by atoms with Crippen LogP contribution in [-0.4, -0.2) is 23.0 Å². The predicted octanol–water partition coefficient (Wildman–Crippen LogP) is 7.85. The molecule has 0 N–H and O–H groups in total. The third kappa shape index (κ3) is 4.26. The van der Waals surface area contributed by atoms with Gasteiger partial charge in [0.2, 0.25) is 0 Å². The molecule has 0 unspecified atom stereocenters. The summed E-state index contributed by atoms with van der Waals surface area (Å²) in [4.78, 5) is 27.7. The van der Waals surface area contributed by atoms with Crippen LogP contribution in [0.15, 0.2) is 108 Å². The molecule has 3 aliphatic carbocycles. The van der Waals surface area contributed by atoms with E-state index in [9.17, 15) is 9.59 Å². The number of carbonyl (C=O) groups is 2. The molecule has 0 radical (unpaired) electrons. The number of fused-ring (bicyclic) bond motifs is 1. The van der Waals surface area contributed by atoms with Crippen molar-refractivity contribution in [1.82, 2.24) is 5.01 Å². The van der Waals surface area contributed by atoms with E-state index in [1.165, 1.54) is 10.8 Å². The molecule has 5 aromatic carbocycles. The van der Waals surface area contributed by atoms with E-state index in [1.54, 1.807) is 6.21 Å². The zero-order valence-electron chi connectivity index (χ0n) is 22.8. The van der Waals surface area contributed by atoms with E-state index in [0.717, 1.165) is 51.3 Å². The summed E-state index contributed by atoms with van der Waals surface area (Å²) in [5, 5.41) is 7.99. The first kappa shape index (κ1) is 27.0. The highest BCUT2D eigenvalue weighted by molar-refractivity contribution is 14.1. The number of amides is 2. The Hall–Kier alpha value is -3.57. The second-order valence-corrected chi connectivity index (χ2v) is 13.6. The van der Waals surface area contributed by atoms with Gasteiger partial charge in [-0.3, -0.25) is 9.59 Å². The number of rotatable bonds is 5. The smallest absolute Gasteiger partial charge is 0.254 e. The van der Waals surface area contributed by atoms with E-state index < -0.39 is 11.8 Å². The maximum atomic E-state index is 13.9. The monoisotopic (exact) mass is 786 g/mol. The van der Waals surface area contributed by atoms with Gasteiger partial charge in [-0.25, -0.2) is 0 Å². The molecule has 1 fully saturated rings. The maximum absolute atomic E-state index is 13.9. The van der Waals surface area contributed by atoms with E-state index in [2.05, 4.69) is 105 Å². The van der Waals surface area contributed by atoms with Gasteiger partial charge in [0, 0.05) is 11.8 Å². The van der Waals surface area contributed by atoms with Crippen molar-refractivity contribution in [2.45, 2.75) is 18.4 Å². The minimum absolute atomic E-state index is 0.140. The van der Waals surface area contributed by atoms with Crippen LogP contribution in [-0.2, 0) is 16.2 Å². The molecule has 1 heterocycles. The van der Waals surface area contributed by atoms with Crippen LogP contribution in [0.5, 0.6) is 5.75 Å². The van der Waals surface area contributed by atoms with E-state index in [0.29, 0.717) is 6.61 Å². The quantitative estimate of drug-likeness (QED) is 0.104. The summed E-state index contributed by atoms with van der Waals surface area (Å²) < 4.78 is 8.17. The van der Waals surface area contributed by atoms with Crippen molar-refractivity contribution in [3.05, 3.63) is 144 Å². The van der Waals surface area contributed by atoms with Crippen molar-refractivity contribution in [3.63, 3.8) is 0 Å². The number of hydrazone groups is 1. The first-order chi connectivity index (χ1) is 21.0. The average Bonchev–Trinajstić information content (AvgIpc) is 3.28. The Morgan fingerprint density at radius 3 is 1.79 bits per heavy atom. The van der Waals surface area contributed by atoms with Crippen LogP contribution in [0.25, 0.3) is 10.8 Å². The SMILES string of the molecule is O=C1[C@@H]2C3c4ccccc4C(c4ccccc43)[C@H]2C(=O)N1/N=C\c1cc(I)c(OCc2cccc3ccccc23)c(I)c1. The summed E-state index contributed by atoms with van der Waals surface area (Å²) >= 11 is 4.54. The van der Waals surface area contributed by atoms with Gasteiger partial charge in [-0.1, -0.05) is 91.0 Å². The second kappa shape index (κ2) is 10.6. The summed E-state index contributed by atoms with van der Waals surface area (Å²) in [5.74, 6) is -0.792. The standard InChI is InChI=1S/C36H24I2N2O3/c37-28-16-20(17-29(38)34(28)43-19-22-10-7-9-21-8-1-2-11-23(21)22)18-39-40-35(41)32-30-24-12-3-4-13-25(24)31(33(32)36(40)42)27-15-6-5-14-26(27)30/h1-18,30-33H,19H2/b39-18-/t30?,31?,32-,33-/m1/s1. The Bertz CT molecular complexity index is 1860. The molecule has 210 valence electrons. The number of imide groups is 1. The number of hydrogen-bond acceptors (Lipinski definition) is 4. The third-order valence-electron chi connectivity index (χ3n) is 9.02. The van der Waals surface area contributed by atoms with Gasteiger partial charge in [0.25, 0.3) is 11.8 Å². The lowest BCUT2D eigenvalue weighted by molar-refractivity contribution is -0.139. The van der Waals surface area contributed by atoms with Crippen molar-refractivity contribution in [2.75, 3.05) is 0 Å². The largest absolute Gasteiger partial charge is 0.487 e. The van der Waals surface area contributed by atoms with Gasteiger partial charge in [-0.2, -0.15) is 10.1 Å². The van der Waals surface area contributed by atoms with Gasteiger partial charge in [-0.15, -0.1) is 0 Å². The van der Waals surface area contributed by atoms with Gasteiger partial charge in [0.1, 0.15) is 12.4 Å². The molecule has 2 bridgehead atoms. The lowest BCUT2D eigenvalue weighted by Crippen LogP contribution is -2.41. The molecule has 0 saturated carbocycles. The molecule has 1 saturated heterocycles. The molecular formula is C36H24I2N2O3. The minimum Gasteiger partial charge on any atom is -0.487 e. The number of carbonyl (C=O) groups excluding carboxylic acids is 2. The van der Waals surface area contributed by atoms with Crippen LogP contribution >= 0.6 is 45.2 Å². The van der Waals surface area contributed by atoms with Crippen LogP contribution in [0, 0.1) is 19.0 Å². The van der Waals surface area contributed by atoms with Crippen molar-refractivity contribution in [2.24, 2.45) is 16.9 Å². The van der Waals surface area contributed by atoms with Crippen LogP contribution in [0.1, 0.15) is 45.2 Å². The number of ether oxygens (including phenoxy) is 1. The van der Waals surface area contributed by atoms with Crippen molar-refractivity contribution >= 4 is 74.0 Å². The zero-order chi connectivity index (χ0) is 29.2. The number of nitrogens with zero attached hydrogens (tertiary/aromatic N) is 2. The van der Waals surface area contributed by atoms with Gasteiger partial charge < -0.3 is 4.74 Å². The van der Waals surface area contributed by atoms with Gasteiger partial charge in [-0.05, 0) is 101 Å². The average molecular weight is 786 g/mol.